The van der Waals surface area contributed by atoms with Gasteiger partial charge in [0.25, 0.3) is 0 Å². The highest BCUT2D eigenvalue weighted by Crippen LogP contribution is 2.29. The normalized spacial score (nSPS) is 13.0. The number of imidazole rings is 1. The minimum Gasteiger partial charge on any atom is -0.478 e. The number of carboxylic acid groups (broad SMARTS) is 1. The molecule has 114 valence electrons. The van der Waals surface area contributed by atoms with E-state index in [9.17, 15) is 9.90 Å². The Morgan fingerprint density at radius 3 is 2.62 bits per heavy atom. The second-order valence-electron chi connectivity index (χ2n) is 5.69. The zero-order valence-electron chi connectivity index (χ0n) is 12.7. The molecule has 2 rings (SSSR count). The average Bonchev–Trinajstić information content (AvgIpc) is 2.83. The van der Waals surface area contributed by atoms with Crippen LogP contribution in [0.3, 0.4) is 0 Å². The third kappa shape index (κ3) is 2.93. The monoisotopic (exact) mass is 290 g/mol. The summed E-state index contributed by atoms with van der Waals surface area (Å²) in [6.07, 6.45) is 1.55. The van der Waals surface area contributed by atoms with Crippen LogP contribution in [0.4, 0.5) is 0 Å². The molecule has 0 aliphatic rings. The van der Waals surface area contributed by atoms with Crippen LogP contribution in [0, 0.1) is 0 Å². The molecule has 5 heteroatoms. The minimum atomic E-state index is -0.955. The predicted octanol–water partition coefficient (Wildman–Crippen LogP) is 3.19. The van der Waals surface area contributed by atoms with Crippen molar-refractivity contribution in [1.82, 2.24) is 9.55 Å². The fourth-order valence-corrected chi connectivity index (χ4v) is 2.69. The van der Waals surface area contributed by atoms with Gasteiger partial charge in [0, 0.05) is 18.6 Å². The average molecular weight is 290 g/mol. The van der Waals surface area contributed by atoms with Crippen LogP contribution in [-0.2, 0) is 0 Å². The molecule has 0 spiro atoms. The van der Waals surface area contributed by atoms with Gasteiger partial charge in [-0.2, -0.15) is 0 Å². The zero-order chi connectivity index (χ0) is 15.6. The van der Waals surface area contributed by atoms with Crippen molar-refractivity contribution in [2.24, 2.45) is 0 Å². The van der Waals surface area contributed by atoms with E-state index in [4.69, 9.17) is 5.11 Å². The Hall–Kier alpha value is -1.88. The fourth-order valence-electron chi connectivity index (χ4n) is 2.69. The van der Waals surface area contributed by atoms with Crippen LogP contribution in [0.2, 0.25) is 0 Å². The third-order valence-corrected chi connectivity index (χ3v) is 3.72. The Bertz CT molecular complexity index is 646. The van der Waals surface area contributed by atoms with Crippen LogP contribution in [0.5, 0.6) is 0 Å². The largest absolute Gasteiger partial charge is 0.478 e. The van der Waals surface area contributed by atoms with Gasteiger partial charge < -0.3 is 14.8 Å². The summed E-state index contributed by atoms with van der Waals surface area (Å²) in [4.78, 5) is 15.9. The first-order chi connectivity index (χ1) is 9.97. The molecule has 1 atom stereocenters. The molecule has 0 amide bonds. The number of benzene rings is 1. The van der Waals surface area contributed by atoms with Crippen LogP contribution in [-0.4, -0.2) is 32.3 Å². The van der Waals surface area contributed by atoms with Crippen molar-refractivity contribution in [3.63, 3.8) is 0 Å². The summed E-state index contributed by atoms with van der Waals surface area (Å²) in [5.74, 6) is 0.142. The molecule has 0 fully saturated rings. The molecular weight excluding hydrogens is 268 g/mol. The third-order valence-electron chi connectivity index (χ3n) is 3.72. The maximum absolute atomic E-state index is 11.4. The number of para-hydroxylation sites is 1. The molecule has 0 saturated heterocycles. The van der Waals surface area contributed by atoms with Gasteiger partial charge >= 0.3 is 5.97 Å². The standard InChI is InChI=1S/C16H22N2O3/c1-10(2)15-17-14-12(16(20)21)7-4-8-13(14)18(15)11(3)6-5-9-19/h4,7-8,10-11,19H,5-6,9H2,1-3H3,(H,20,21). The fraction of sp³-hybridized carbons (Fsp3) is 0.500. The zero-order valence-corrected chi connectivity index (χ0v) is 12.7. The van der Waals surface area contributed by atoms with E-state index < -0.39 is 5.97 Å². The van der Waals surface area contributed by atoms with Crippen molar-refractivity contribution < 1.29 is 15.0 Å². The lowest BCUT2D eigenvalue weighted by molar-refractivity contribution is 0.0699. The molecule has 1 heterocycles. The van der Waals surface area contributed by atoms with Crippen molar-refractivity contribution in [1.29, 1.82) is 0 Å². The van der Waals surface area contributed by atoms with E-state index in [2.05, 4.69) is 30.3 Å². The molecule has 0 radical (unpaired) electrons. The number of aliphatic hydroxyl groups is 1. The number of carboxylic acids is 1. The first kappa shape index (κ1) is 15.5. The van der Waals surface area contributed by atoms with Gasteiger partial charge in [-0.15, -0.1) is 0 Å². The highest BCUT2D eigenvalue weighted by molar-refractivity contribution is 6.01. The Labute approximate surface area is 124 Å². The second-order valence-corrected chi connectivity index (χ2v) is 5.69. The molecule has 5 nitrogen and oxygen atoms in total. The number of rotatable bonds is 6. The highest BCUT2D eigenvalue weighted by Gasteiger charge is 2.21. The van der Waals surface area contributed by atoms with E-state index in [1.807, 2.05) is 6.07 Å². The Balaban J connectivity index is 2.63. The number of aromatic carboxylic acids is 1. The Morgan fingerprint density at radius 2 is 2.05 bits per heavy atom. The van der Waals surface area contributed by atoms with Gasteiger partial charge in [0.2, 0.25) is 0 Å². The van der Waals surface area contributed by atoms with E-state index in [1.54, 1.807) is 12.1 Å². The molecule has 2 N–H and O–H groups in total. The molecule has 0 saturated carbocycles. The minimum absolute atomic E-state index is 0.161. The van der Waals surface area contributed by atoms with Gasteiger partial charge in [0.15, 0.2) is 0 Å². The lowest BCUT2D eigenvalue weighted by Gasteiger charge is -2.19. The van der Waals surface area contributed by atoms with Gasteiger partial charge in [-0.1, -0.05) is 19.9 Å². The molecule has 1 aromatic heterocycles. The van der Waals surface area contributed by atoms with Gasteiger partial charge in [0.05, 0.1) is 11.1 Å². The van der Waals surface area contributed by atoms with Crippen LogP contribution >= 0.6 is 0 Å². The first-order valence-electron chi connectivity index (χ1n) is 7.32. The van der Waals surface area contributed by atoms with Crippen molar-refractivity contribution in [2.45, 2.75) is 45.6 Å². The number of hydrogen-bond donors (Lipinski definition) is 2. The Morgan fingerprint density at radius 1 is 1.33 bits per heavy atom. The number of hydrogen-bond acceptors (Lipinski definition) is 3. The molecule has 1 unspecified atom stereocenters. The molecule has 21 heavy (non-hydrogen) atoms. The molecular formula is C16H22N2O3. The predicted molar refractivity (Wildman–Crippen MR) is 81.8 cm³/mol. The van der Waals surface area contributed by atoms with Gasteiger partial charge in [-0.05, 0) is 31.9 Å². The topological polar surface area (TPSA) is 75.3 Å². The van der Waals surface area contributed by atoms with Gasteiger partial charge in [-0.3, -0.25) is 0 Å². The number of fused-ring (bicyclic) bond motifs is 1. The quantitative estimate of drug-likeness (QED) is 0.856. The van der Waals surface area contributed by atoms with Crippen molar-refractivity contribution in [3.05, 3.63) is 29.6 Å². The van der Waals surface area contributed by atoms with E-state index in [0.29, 0.717) is 5.52 Å². The number of aliphatic hydroxyl groups excluding tert-OH is 1. The number of aromatic nitrogens is 2. The van der Waals surface area contributed by atoms with Crippen LogP contribution < -0.4 is 0 Å². The SMILES string of the molecule is CC(C)c1nc2c(C(=O)O)cccc2n1C(C)CCCO. The lowest BCUT2D eigenvalue weighted by atomic mass is 10.1. The number of nitrogens with zero attached hydrogens (tertiary/aromatic N) is 2. The smallest absolute Gasteiger partial charge is 0.337 e. The summed E-state index contributed by atoms with van der Waals surface area (Å²) in [6, 6.07) is 5.43. The summed E-state index contributed by atoms with van der Waals surface area (Å²) in [5.41, 5.74) is 1.64. The van der Waals surface area contributed by atoms with Crippen LogP contribution in [0.15, 0.2) is 18.2 Å². The van der Waals surface area contributed by atoms with Crippen LogP contribution in [0.1, 0.15) is 61.8 Å². The molecule has 1 aromatic carbocycles. The van der Waals surface area contributed by atoms with E-state index in [-0.39, 0.29) is 24.1 Å². The van der Waals surface area contributed by atoms with E-state index in [0.717, 1.165) is 24.2 Å². The van der Waals surface area contributed by atoms with Crippen LogP contribution in [0.25, 0.3) is 11.0 Å². The highest BCUT2D eigenvalue weighted by atomic mass is 16.4. The number of carbonyl (C=O) groups is 1. The van der Waals surface area contributed by atoms with E-state index >= 15 is 0 Å². The molecule has 0 aliphatic carbocycles. The Kier molecular flexibility index (Phi) is 4.63. The summed E-state index contributed by atoms with van der Waals surface area (Å²) < 4.78 is 2.11. The maximum Gasteiger partial charge on any atom is 0.337 e. The lowest BCUT2D eigenvalue weighted by Crippen LogP contribution is -2.11. The van der Waals surface area contributed by atoms with Gasteiger partial charge in [-0.25, -0.2) is 9.78 Å². The summed E-state index contributed by atoms with van der Waals surface area (Å²) in [5, 5.41) is 18.3. The molecule has 0 aliphatic heterocycles. The van der Waals surface area contributed by atoms with Crippen molar-refractivity contribution >= 4 is 17.0 Å². The summed E-state index contributed by atoms with van der Waals surface area (Å²) in [6.45, 7) is 6.35. The summed E-state index contributed by atoms with van der Waals surface area (Å²) in [7, 11) is 0. The first-order valence-corrected chi connectivity index (χ1v) is 7.32. The summed E-state index contributed by atoms with van der Waals surface area (Å²) >= 11 is 0. The van der Waals surface area contributed by atoms with E-state index in [1.165, 1.54) is 0 Å². The second kappa shape index (κ2) is 6.26. The maximum atomic E-state index is 11.4. The molecule has 2 aromatic rings. The molecule has 0 bridgehead atoms. The van der Waals surface area contributed by atoms with Crippen molar-refractivity contribution in [3.8, 4) is 0 Å². The van der Waals surface area contributed by atoms with Gasteiger partial charge in [0.1, 0.15) is 11.3 Å². The van der Waals surface area contributed by atoms with Crippen molar-refractivity contribution in [2.75, 3.05) is 6.61 Å².